The topological polar surface area (TPSA) is 43.1 Å². The van der Waals surface area contributed by atoms with E-state index in [1.165, 1.54) is 11.3 Å². The number of rotatable bonds is 1. The predicted molar refractivity (Wildman–Crippen MR) is 78.6 cm³/mol. The Hall–Kier alpha value is -0.880. The van der Waals surface area contributed by atoms with Crippen LogP contribution in [0.2, 0.25) is 13.8 Å². The van der Waals surface area contributed by atoms with Crippen molar-refractivity contribution < 1.29 is 0 Å². The van der Waals surface area contributed by atoms with Gasteiger partial charge in [-0.15, -0.1) is 21.5 Å². The monoisotopic (exact) mass is 332 g/mol. The standard InChI is InChI=1S/C11H7Cl3N4S/c1-4-5(2)10-15-16-11(18(10)17-8(4)13)6-3-7(12)19-9(6)14/h3H,1-2H3. The lowest BCUT2D eigenvalue weighted by atomic mass is 10.2. The highest BCUT2D eigenvalue weighted by atomic mass is 35.5. The van der Waals surface area contributed by atoms with E-state index in [4.69, 9.17) is 34.8 Å². The van der Waals surface area contributed by atoms with Crippen LogP contribution in [0.25, 0.3) is 17.0 Å². The molecule has 0 saturated carbocycles. The largest absolute Gasteiger partial charge is 0.191 e. The Morgan fingerprint density at radius 1 is 1.11 bits per heavy atom. The number of halogens is 3. The predicted octanol–water partition coefficient (Wildman–Crippen LogP) is 4.43. The maximum atomic E-state index is 6.14. The van der Waals surface area contributed by atoms with Crippen LogP contribution in [0, 0.1) is 13.8 Å². The van der Waals surface area contributed by atoms with Crippen LogP contribution < -0.4 is 0 Å². The first-order chi connectivity index (χ1) is 8.99. The molecule has 3 heterocycles. The minimum absolute atomic E-state index is 0.420. The van der Waals surface area contributed by atoms with Gasteiger partial charge < -0.3 is 0 Å². The molecule has 3 aromatic heterocycles. The van der Waals surface area contributed by atoms with E-state index in [1.54, 1.807) is 10.6 Å². The van der Waals surface area contributed by atoms with E-state index in [0.717, 1.165) is 11.1 Å². The van der Waals surface area contributed by atoms with Gasteiger partial charge in [-0.3, -0.25) is 0 Å². The highest BCUT2D eigenvalue weighted by Gasteiger charge is 2.18. The molecule has 98 valence electrons. The second-order valence-corrected chi connectivity index (χ2v) is 6.68. The van der Waals surface area contributed by atoms with Crippen LogP contribution in [-0.2, 0) is 0 Å². The van der Waals surface area contributed by atoms with Crippen LogP contribution in [-0.4, -0.2) is 19.8 Å². The summed E-state index contributed by atoms with van der Waals surface area (Å²) in [5, 5.41) is 13.0. The average Bonchev–Trinajstić information content (AvgIpc) is 2.90. The van der Waals surface area contributed by atoms with Gasteiger partial charge >= 0.3 is 0 Å². The number of hydrogen-bond acceptors (Lipinski definition) is 4. The van der Waals surface area contributed by atoms with Crippen molar-refractivity contribution in [2.75, 3.05) is 0 Å². The molecular formula is C11H7Cl3N4S. The molecule has 3 aromatic rings. The zero-order valence-corrected chi connectivity index (χ0v) is 13.0. The van der Waals surface area contributed by atoms with Crippen LogP contribution in [0.1, 0.15) is 11.1 Å². The maximum absolute atomic E-state index is 6.14. The van der Waals surface area contributed by atoms with Gasteiger partial charge in [0.15, 0.2) is 16.6 Å². The van der Waals surface area contributed by atoms with Gasteiger partial charge in [-0.05, 0) is 25.5 Å². The van der Waals surface area contributed by atoms with E-state index in [0.29, 0.717) is 30.9 Å². The second kappa shape index (κ2) is 4.59. The fraction of sp³-hybridized carbons (Fsp3) is 0.182. The van der Waals surface area contributed by atoms with Crippen molar-refractivity contribution >= 4 is 51.8 Å². The number of nitrogens with zero attached hydrogens (tertiary/aromatic N) is 4. The summed E-state index contributed by atoms with van der Waals surface area (Å²) in [7, 11) is 0. The quantitative estimate of drug-likeness (QED) is 0.661. The molecule has 3 rings (SSSR count). The molecule has 0 spiro atoms. The third-order valence-electron chi connectivity index (χ3n) is 2.93. The third-order valence-corrected chi connectivity index (χ3v) is 4.78. The molecule has 0 aromatic carbocycles. The van der Waals surface area contributed by atoms with Crippen LogP contribution in [0.5, 0.6) is 0 Å². The van der Waals surface area contributed by atoms with Gasteiger partial charge in [0.1, 0.15) is 4.34 Å². The Balaban J connectivity index is 2.35. The zero-order valence-electron chi connectivity index (χ0n) is 9.91. The fourth-order valence-corrected chi connectivity index (χ4v) is 3.43. The molecular weight excluding hydrogens is 327 g/mol. The molecule has 0 N–H and O–H groups in total. The van der Waals surface area contributed by atoms with E-state index in [-0.39, 0.29) is 0 Å². The second-order valence-electron chi connectivity index (χ2n) is 4.04. The Morgan fingerprint density at radius 2 is 1.84 bits per heavy atom. The lowest BCUT2D eigenvalue weighted by Gasteiger charge is -2.04. The van der Waals surface area contributed by atoms with Crippen molar-refractivity contribution in [3.63, 3.8) is 0 Å². The van der Waals surface area contributed by atoms with Crippen molar-refractivity contribution in [2.24, 2.45) is 0 Å². The fourth-order valence-electron chi connectivity index (χ4n) is 1.75. The zero-order chi connectivity index (χ0) is 13.7. The van der Waals surface area contributed by atoms with Crippen molar-refractivity contribution in [1.82, 2.24) is 19.8 Å². The van der Waals surface area contributed by atoms with E-state index in [1.807, 2.05) is 13.8 Å². The van der Waals surface area contributed by atoms with Crippen LogP contribution in [0.15, 0.2) is 6.07 Å². The van der Waals surface area contributed by atoms with Crippen molar-refractivity contribution in [2.45, 2.75) is 13.8 Å². The first kappa shape index (κ1) is 13.1. The van der Waals surface area contributed by atoms with Crippen LogP contribution >= 0.6 is 46.1 Å². The molecule has 0 atom stereocenters. The molecule has 4 nitrogen and oxygen atoms in total. The highest BCUT2D eigenvalue weighted by Crippen LogP contribution is 2.37. The molecule has 0 aliphatic heterocycles. The number of aromatic nitrogens is 4. The number of thiophene rings is 1. The summed E-state index contributed by atoms with van der Waals surface area (Å²) in [6.07, 6.45) is 0. The Bertz CT molecular complexity index is 793. The van der Waals surface area contributed by atoms with Gasteiger partial charge in [0.05, 0.1) is 9.90 Å². The van der Waals surface area contributed by atoms with Gasteiger partial charge in [-0.1, -0.05) is 34.8 Å². The summed E-state index contributed by atoms with van der Waals surface area (Å²) in [4.78, 5) is 0. The third kappa shape index (κ3) is 2.01. The number of hydrogen-bond donors (Lipinski definition) is 0. The number of fused-ring (bicyclic) bond motifs is 1. The molecule has 19 heavy (non-hydrogen) atoms. The Morgan fingerprint density at radius 3 is 2.47 bits per heavy atom. The maximum Gasteiger partial charge on any atom is 0.187 e. The molecule has 8 heteroatoms. The molecule has 0 amide bonds. The summed E-state index contributed by atoms with van der Waals surface area (Å²) in [5.74, 6) is 0.535. The van der Waals surface area contributed by atoms with Crippen molar-refractivity contribution in [1.29, 1.82) is 0 Å². The van der Waals surface area contributed by atoms with E-state index in [9.17, 15) is 0 Å². The number of aryl methyl sites for hydroxylation is 1. The lowest BCUT2D eigenvalue weighted by molar-refractivity contribution is 0.920. The molecule has 0 fully saturated rings. The van der Waals surface area contributed by atoms with Crippen LogP contribution in [0.4, 0.5) is 0 Å². The van der Waals surface area contributed by atoms with Gasteiger partial charge in [0.2, 0.25) is 0 Å². The minimum Gasteiger partial charge on any atom is -0.191 e. The normalized spacial score (nSPS) is 11.4. The summed E-state index contributed by atoms with van der Waals surface area (Å²) in [6.45, 7) is 3.83. The summed E-state index contributed by atoms with van der Waals surface area (Å²) >= 11 is 19.5. The average molecular weight is 334 g/mol. The molecule has 0 aliphatic rings. The first-order valence-corrected chi connectivity index (χ1v) is 7.27. The first-order valence-electron chi connectivity index (χ1n) is 5.32. The SMILES string of the molecule is Cc1c(Cl)nn2c(-c3cc(Cl)sc3Cl)nnc2c1C. The summed E-state index contributed by atoms with van der Waals surface area (Å²) < 4.78 is 2.73. The smallest absolute Gasteiger partial charge is 0.187 e. The lowest BCUT2D eigenvalue weighted by Crippen LogP contribution is -2.00. The molecule has 0 saturated heterocycles. The molecule has 0 aliphatic carbocycles. The van der Waals surface area contributed by atoms with E-state index >= 15 is 0 Å². The Labute approximate surface area is 127 Å². The molecule has 0 radical (unpaired) electrons. The van der Waals surface area contributed by atoms with E-state index < -0.39 is 0 Å². The van der Waals surface area contributed by atoms with Gasteiger partial charge in [0.25, 0.3) is 0 Å². The summed E-state index contributed by atoms with van der Waals surface area (Å²) in [6, 6.07) is 1.75. The molecule has 0 bridgehead atoms. The van der Waals surface area contributed by atoms with Crippen molar-refractivity contribution in [3.8, 4) is 11.4 Å². The Kier molecular flexibility index (Phi) is 3.17. The minimum atomic E-state index is 0.420. The highest BCUT2D eigenvalue weighted by molar-refractivity contribution is 7.20. The van der Waals surface area contributed by atoms with Crippen LogP contribution in [0.3, 0.4) is 0 Å². The summed E-state index contributed by atoms with van der Waals surface area (Å²) in [5.41, 5.74) is 3.20. The van der Waals surface area contributed by atoms with Gasteiger partial charge in [-0.2, -0.15) is 9.61 Å². The van der Waals surface area contributed by atoms with Gasteiger partial charge in [-0.25, -0.2) is 0 Å². The van der Waals surface area contributed by atoms with Gasteiger partial charge in [0, 0.05) is 5.56 Å². The van der Waals surface area contributed by atoms with E-state index in [2.05, 4.69) is 15.3 Å². The molecule has 0 unspecified atom stereocenters. The van der Waals surface area contributed by atoms with Crippen molar-refractivity contribution in [3.05, 3.63) is 31.0 Å².